The normalized spacial score (nSPS) is 12.6. The van der Waals surface area contributed by atoms with Crippen molar-refractivity contribution in [2.24, 2.45) is 7.05 Å². The first kappa shape index (κ1) is 19.7. The first-order valence-corrected chi connectivity index (χ1v) is 8.54. The molecule has 4 rings (SSSR count). The lowest BCUT2D eigenvalue weighted by molar-refractivity contribution is -0.291. The van der Waals surface area contributed by atoms with E-state index in [-0.39, 0.29) is 23.0 Å². The molecule has 0 unspecified atom stereocenters. The third-order valence-electron chi connectivity index (χ3n) is 4.48. The number of carbonyl (C=O) groups excluding carboxylic acids is 1. The quantitative estimate of drug-likeness (QED) is 0.507. The van der Waals surface area contributed by atoms with Crippen LogP contribution >= 0.6 is 0 Å². The van der Waals surface area contributed by atoms with E-state index in [2.05, 4.69) is 20.4 Å². The van der Waals surface area contributed by atoms with E-state index in [0.717, 1.165) is 11.6 Å². The maximum Gasteiger partial charge on any atom is 0.459 e. The summed E-state index contributed by atoms with van der Waals surface area (Å²) in [5.74, 6) is -5.86. The summed E-state index contributed by atoms with van der Waals surface area (Å²) in [5.41, 5.74) is -0.881. The Kier molecular flexibility index (Phi) is 4.26. The van der Waals surface area contributed by atoms with Crippen molar-refractivity contribution in [1.29, 1.82) is 0 Å². The Morgan fingerprint density at radius 1 is 1.07 bits per heavy atom. The number of halogens is 5. The highest BCUT2D eigenvalue weighted by molar-refractivity contribution is 6.03. The van der Waals surface area contributed by atoms with Gasteiger partial charge in [-0.1, -0.05) is 12.1 Å². The van der Waals surface area contributed by atoms with Crippen molar-refractivity contribution < 1.29 is 26.7 Å². The highest BCUT2D eigenvalue weighted by Gasteiger charge is 2.60. The summed E-state index contributed by atoms with van der Waals surface area (Å²) in [6.45, 7) is 1.27. The SMILES string of the molecule is Cc1cc(C(F)(F)C(F)(F)F)n2nc(C(=O)Nc3nc4ccccc4n3C)cc2n1. The maximum atomic E-state index is 14.0. The summed E-state index contributed by atoms with van der Waals surface area (Å²) in [6, 6.07) is 8.67. The molecule has 4 aromatic rings. The van der Waals surface area contributed by atoms with Gasteiger partial charge in [0.1, 0.15) is 5.69 Å². The molecule has 0 aliphatic rings. The summed E-state index contributed by atoms with van der Waals surface area (Å²) < 4.78 is 68.5. The molecule has 7 nitrogen and oxygen atoms in total. The first-order valence-electron chi connectivity index (χ1n) is 8.54. The largest absolute Gasteiger partial charge is 0.459 e. The van der Waals surface area contributed by atoms with Crippen molar-refractivity contribution in [3.8, 4) is 0 Å². The van der Waals surface area contributed by atoms with Gasteiger partial charge in [-0.25, -0.2) is 14.5 Å². The van der Waals surface area contributed by atoms with E-state index in [4.69, 9.17) is 0 Å². The molecule has 0 saturated carbocycles. The molecule has 0 radical (unpaired) electrons. The zero-order valence-electron chi connectivity index (χ0n) is 15.5. The highest BCUT2D eigenvalue weighted by Crippen LogP contribution is 2.43. The van der Waals surface area contributed by atoms with E-state index >= 15 is 0 Å². The van der Waals surface area contributed by atoms with Crippen molar-refractivity contribution in [3.63, 3.8) is 0 Å². The molecule has 0 aliphatic heterocycles. The fourth-order valence-electron chi connectivity index (χ4n) is 3.00. The molecule has 0 saturated heterocycles. The first-order chi connectivity index (χ1) is 14.0. The molecule has 156 valence electrons. The number of hydrogen-bond donors (Lipinski definition) is 1. The van der Waals surface area contributed by atoms with E-state index in [0.29, 0.717) is 16.1 Å². The minimum absolute atomic E-state index is 0.0800. The van der Waals surface area contributed by atoms with E-state index in [9.17, 15) is 26.7 Å². The molecule has 1 amide bonds. The van der Waals surface area contributed by atoms with Crippen LogP contribution in [0.4, 0.5) is 27.9 Å². The molecule has 3 heterocycles. The molecule has 1 N–H and O–H groups in total. The number of aryl methyl sites for hydroxylation is 2. The Morgan fingerprint density at radius 2 is 1.77 bits per heavy atom. The Hall–Kier alpha value is -3.57. The van der Waals surface area contributed by atoms with Crippen LogP contribution in [0, 0.1) is 6.92 Å². The number of para-hydroxylation sites is 2. The predicted octanol–water partition coefficient (Wildman–Crippen LogP) is 3.83. The summed E-state index contributed by atoms with van der Waals surface area (Å²) >= 11 is 0. The van der Waals surface area contributed by atoms with Crippen LogP contribution in [0.3, 0.4) is 0 Å². The second-order valence-electron chi connectivity index (χ2n) is 6.59. The molecular weight excluding hydrogens is 411 g/mol. The number of amides is 1. The maximum absolute atomic E-state index is 14.0. The van der Waals surface area contributed by atoms with E-state index in [1.165, 1.54) is 6.92 Å². The Morgan fingerprint density at radius 3 is 2.43 bits per heavy atom. The van der Waals surface area contributed by atoms with Crippen LogP contribution in [0.15, 0.2) is 36.4 Å². The summed E-state index contributed by atoms with van der Waals surface area (Å²) in [5, 5.41) is 6.12. The second-order valence-corrected chi connectivity index (χ2v) is 6.59. The van der Waals surface area contributed by atoms with Crippen molar-refractivity contribution >= 4 is 28.5 Å². The van der Waals surface area contributed by atoms with Gasteiger partial charge in [0.05, 0.1) is 11.0 Å². The zero-order valence-corrected chi connectivity index (χ0v) is 15.5. The number of aromatic nitrogens is 5. The lowest BCUT2D eigenvalue weighted by atomic mass is 10.2. The number of rotatable bonds is 3. The fourth-order valence-corrected chi connectivity index (χ4v) is 3.00. The van der Waals surface area contributed by atoms with Crippen LogP contribution in [0.2, 0.25) is 0 Å². The Labute approximate surface area is 165 Å². The third kappa shape index (κ3) is 3.04. The third-order valence-corrected chi connectivity index (χ3v) is 4.48. The van der Waals surface area contributed by atoms with Gasteiger partial charge in [-0.05, 0) is 25.1 Å². The molecule has 30 heavy (non-hydrogen) atoms. The van der Waals surface area contributed by atoms with Gasteiger partial charge in [0.15, 0.2) is 11.3 Å². The van der Waals surface area contributed by atoms with Gasteiger partial charge < -0.3 is 4.57 Å². The van der Waals surface area contributed by atoms with Crippen molar-refractivity contribution in [1.82, 2.24) is 24.1 Å². The van der Waals surface area contributed by atoms with E-state index in [1.807, 2.05) is 0 Å². The highest BCUT2D eigenvalue weighted by atomic mass is 19.4. The molecule has 0 spiro atoms. The smallest absolute Gasteiger partial charge is 0.313 e. The van der Waals surface area contributed by atoms with Crippen LogP contribution in [-0.4, -0.2) is 36.2 Å². The predicted molar refractivity (Wildman–Crippen MR) is 96.3 cm³/mol. The van der Waals surface area contributed by atoms with E-state index < -0.39 is 23.7 Å². The summed E-state index contributed by atoms with van der Waals surface area (Å²) in [6.07, 6.45) is -5.84. The number of imidazole rings is 1. The molecule has 1 aromatic carbocycles. The molecular formula is C18H13F5N6O. The van der Waals surface area contributed by atoms with E-state index in [1.54, 1.807) is 35.9 Å². The standard InChI is InChI=1S/C18H13F5N6O/c1-9-7-13(17(19,20)18(21,22)23)29-14(24-9)8-11(27-29)15(30)26-16-25-10-5-3-4-6-12(10)28(16)2/h3-8H,1-2H3,(H,25,26,30). The Balaban J connectivity index is 1.75. The molecule has 12 heteroatoms. The Bertz CT molecular complexity index is 1290. The van der Waals surface area contributed by atoms with Crippen LogP contribution in [0.1, 0.15) is 21.9 Å². The lowest BCUT2D eigenvalue weighted by Crippen LogP contribution is -2.36. The number of anilines is 1. The molecule has 0 fully saturated rings. The molecule has 0 bridgehead atoms. The lowest BCUT2D eigenvalue weighted by Gasteiger charge is -2.20. The van der Waals surface area contributed by atoms with Crippen LogP contribution in [0.5, 0.6) is 0 Å². The van der Waals surface area contributed by atoms with Crippen molar-refractivity contribution in [2.45, 2.75) is 19.0 Å². The van der Waals surface area contributed by atoms with Crippen LogP contribution in [-0.2, 0) is 13.0 Å². The molecule has 0 aliphatic carbocycles. The number of carbonyl (C=O) groups is 1. The van der Waals surface area contributed by atoms with Crippen molar-refractivity contribution in [2.75, 3.05) is 5.32 Å². The summed E-state index contributed by atoms with van der Waals surface area (Å²) in [4.78, 5) is 20.7. The average molecular weight is 424 g/mol. The second kappa shape index (κ2) is 6.47. The number of nitrogens with zero attached hydrogens (tertiary/aromatic N) is 5. The van der Waals surface area contributed by atoms with Gasteiger partial charge in [-0.3, -0.25) is 10.1 Å². The monoisotopic (exact) mass is 424 g/mol. The van der Waals surface area contributed by atoms with Gasteiger partial charge in [-0.15, -0.1) is 0 Å². The average Bonchev–Trinajstić information content (AvgIpc) is 3.22. The fraction of sp³-hybridized carbons (Fsp3) is 0.222. The number of fused-ring (bicyclic) bond motifs is 2. The van der Waals surface area contributed by atoms with Crippen LogP contribution < -0.4 is 5.32 Å². The number of alkyl halides is 5. The molecule has 0 atom stereocenters. The van der Waals surface area contributed by atoms with Gasteiger partial charge in [-0.2, -0.15) is 27.1 Å². The number of hydrogen-bond acceptors (Lipinski definition) is 4. The zero-order chi connectivity index (χ0) is 21.8. The van der Waals surface area contributed by atoms with Gasteiger partial charge >= 0.3 is 12.1 Å². The van der Waals surface area contributed by atoms with Crippen molar-refractivity contribution in [3.05, 3.63) is 53.5 Å². The topological polar surface area (TPSA) is 77.1 Å². The minimum atomic E-state index is -5.84. The minimum Gasteiger partial charge on any atom is -0.313 e. The number of benzene rings is 1. The van der Waals surface area contributed by atoms with Gasteiger partial charge in [0.2, 0.25) is 5.95 Å². The van der Waals surface area contributed by atoms with Crippen LogP contribution in [0.25, 0.3) is 16.7 Å². The van der Waals surface area contributed by atoms with Gasteiger partial charge in [0, 0.05) is 18.8 Å². The summed E-state index contributed by atoms with van der Waals surface area (Å²) in [7, 11) is 1.65. The number of nitrogens with one attached hydrogen (secondary N) is 1. The molecule has 3 aromatic heterocycles. The van der Waals surface area contributed by atoms with Gasteiger partial charge in [0.25, 0.3) is 5.91 Å².